The van der Waals surface area contributed by atoms with Gasteiger partial charge in [-0.25, -0.2) is 37.0 Å². The molecule has 0 spiro atoms. The van der Waals surface area contributed by atoms with Crippen LogP contribution < -0.4 is 19.2 Å². The first-order chi connectivity index (χ1) is 19.0. The average molecular weight is 591 g/mol. The number of aromatic nitrogens is 2. The number of pyridine rings is 1. The molecule has 2 aromatic heterocycles. The van der Waals surface area contributed by atoms with Crippen molar-refractivity contribution < 1.29 is 31.2 Å². The van der Waals surface area contributed by atoms with Gasteiger partial charge in [-0.1, -0.05) is 6.07 Å². The topological polar surface area (TPSA) is 125 Å². The summed E-state index contributed by atoms with van der Waals surface area (Å²) in [5.74, 6) is -3.32. The number of amides is 3. The zero-order valence-corrected chi connectivity index (χ0v) is 22.4. The van der Waals surface area contributed by atoms with E-state index in [1.807, 2.05) is 4.72 Å². The molecule has 40 heavy (non-hydrogen) atoms. The van der Waals surface area contributed by atoms with Crippen molar-refractivity contribution >= 4 is 55.2 Å². The molecule has 10 nitrogen and oxygen atoms in total. The second-order valence-corrected chi connectivity index (χ2v) is 11.4. The van der Waals surface area contributed by atoms with Gasteiger partial charge in [0.1, 0.15) is 29.0 Å². The number of likely N-dealkylation sites (N-methyl/N-ethyl adjacent to an activating group) is 1. The largest absolute Gasteiger partial charge is 0.330 e. The molecule has 0 saturated carbocycles. The number of benzene rings is 2. The number of rotatable bonds is 7. The zero-order valence-electron chi connectivity index (χ0n) is 20.8. The molecule has 0 radical (unpaired) electrons. The first kappa shape index (κ1) is 27.3. The summed E-state index contributed by atoms with van der Waals surface area (Å²) in [4.78, 5) is 35.3. The van der Waals surface area contributed by atoms with E-state index in [-0.39, 0.29) is 29.1 Å². The van der Waals surface area contributed by atoms with Crippen molar-refractivity contribution in [2.24, 2.45) is 0 Å². The van der Waals surface area contributed by atoms with Crippen LogP contribution in [0.5, 0.6) is 0 Å². The fourth-order valence-corrected chi connectivity index (χ4v) is 6.23. The van der Waals surface area contributed by atoms with E-state index in [1.54, 1.807) is 18.2 Å². The summed E-state index contributed by atoms with van der Waals surface area (Å²) in [6.45, 7) is 0.0427. The highest BCUT2D eigenvalue weighted by Gasteiger charge is 2.34. The van der Waals surface area contributed by atoms with Gasteiger partial charge in [-0.05, 0) is 47.9 Å². The number of hydrogen-bond donors (Lipinski definition) is 2. The van der Waals surface area contributed by atoms with Gasteiger partial charge in [-0.2, -0.15) is 8.42 Å². The van der Waals surface area contributed by atoms with Crippen LogP contribution in [0.25, 0.3) is 10.2 Å². The van der Waals surface area contributed by atoms with Crippen molar-refractivity contribution in [2.75, 3.05) is 22.8 Å². The van der Waals surface area contributed by atoms with Crippen molar-refractivity contribution in [1.29, 1.82) is 0 Å². The molecule has 0 bridgehead atoms. The third kappa shape index (κ3) is 5.42. The number of hydrogen-bond acceptors (Lipinski definition) is 7. The molecule has 2 N–H and O–H groups in total. The molecule has 1 aliphatic heterocycles. The summed E-state index contributed by atoms with van der Waals surface area (Å²) >= 11 is 1.20. The SMILES string of the molecule is CN(C(=O)C(Cc1cc(F)cc(F)c1)NC(=O)NS(=O)(=O)N1CCc2cccnc21)c1ccc2scnc2c1F. The summed E-state index contributed by atoms with van der Waals surface area (Å²) in [6, 6.07) is 6.05. The van der Waals surface area contributed by atoms with E-state index in [4.69, 9.17) is 0 Å². The molecule has 15 heteroatoms. The van der Waals surface area contributed by atoms with Gasteiger partial charge in [0.2, 0.25) is 5.91 Å². The second kappa shape index (κ2) is 10.7. The van der Waals surface area contributed by atoms with Crippen molar-refractivity contribution in [3.05, 3.63) is 82.8 Å². The quantitative estimate of drug-likeness (QED) is 0.341. The normalized spacial score (nSPS) is 13.7. The molecule has 5 rings (SSSR count). The molecule has 0 aliphatic carbocycles. The molecular weight excluding hydrogens is 569 g/mol. The summed E-state index contributed by atoms with van der Waals surface area (Å²) < 4.78 is 72.1. The number of urea groups is 1. The molecule has 1 aliphatic rings. The fraction of sp³-hybridized carbons (Fsp3) is 0.200. The lowest BCUT2D eigenvalue weighted by molar-refractivity contribution is -0.120. The third-order valence-electron chi connectivity index (χ3n) is 6.28. The van der Waals surface area contributed by atoms with Crippen LogP contribution in [0.4, 0.5) is 29.5 Å². The number of halogens is 3. The van der Waals surface area contributed by atoms with Crippen molar-refractivity contribution in [3.8, 4) is 0 Å². The van der Waals surface area contributed by atoms with Gasteiger partial charge >= 0.3 is 16.2 Å². The molecule has 1 unspecified atom stereocenters. The average Bonchev–Trinajstić information content (AvgIpc) is 3.55. The van der Waals surface area contributed by atoms with Crippen LogP contribution in [-0.4, -0.2) is 50.0 Å². The van der Waals surface area contributed by atoms with E-state index in [0.717, 1.165) is 21.3 Å². The minimum Gasteiger partial charge on any atom is -0.325 e. The lowest BCUT2D eigenvalue weighted by atomic mass is 10.0. The fourth-order valence-electron chi connectivity index (χ4n) is 4.44. The van der Waals surface area contributed by atoms with E-state index in [9.17, 15) is 26.8 Å². The Bertz CT molecular complexity index is 1710. The Hall–Kier alpha value is -4.24. The molecular formula is C25H21F3N6O4S2. The van der Waals surface area contributed by atoms with Crippen LogP contribution in [0.1, 0.15) is 11.1 Å². The van der Waals surface area contributed by atoms with Crippen LogP contribution in [0.2, 0.25) is 0 Å². The van der Waals surface area contributed by atoms with Crippen LogP contribution in [0.15, 0.2) is 54.2 Å². The number of nitrogens with one attached hydrogen (secondary N) is 2. The van der Waals surface area contributed by atoms with Crippen molar-refractivity contribution in [3.63, 3.8) is 0 Å². The first-order valence-electron chi connectivity index (χ1n) is 11.8. The van der Waals surface area contributed by atoms with Gasteiger partial charge in [0, 0.05) is 32.3 Å². The maximum Gasteiger partial charge on any atom is 0.330 e. The van der Waals surface area contributed by atoms with Gasteiger partial charge in [-0.3, -0.25) is 4.79 Å². The first-order valence-corrected chi connectivity index (χ1v) is 14.1. The van der Waals surface area contributed by atoms with E-state index >= 15 is 4.39 Å². The Kier molecular flexibility index (Phi) is 7.33. The number of carbonyl (C=O) groups excluding carboxylic acids is 2. The Labute approximate surface area is 230 Å². The Balaban J connectivity index is 1.40. The maximum atomic E-state index is 15.1. The Morgan fingerprint density at radius 3 is 2.62 bits per heavy atom. The predicted molar refractivity (Wildman–Crippen MR) is 143 cm³/mol. The summed E-state index contributed by atoms with van der Waals surface area (Å²) in [5.41, 5.74) is 2.01. The minimum absolute atomic E-state index is 0.000465. The van der Waals surface area contributed by atoms with Gasteiger partial charge in [0.15, 0.2) is 5.82 Å². The molecule has 4 aromatic rings. The molecule has 208 valence electrons. The van der Waals surface area contributed by atoms with E-state index in [2.05, 4.69) is 15.3 Å². The maximum absolute atomic E-state index is 15.1. The number of anilines is 2. The monoisotopic (exact) mass is 590 g/mol. The second-order valence-electron chi connectivity index (χ2n) is 8.92. The minimum atomic E-state index is -4.43. The number of nitrogens with zero attached hydrogens (tertiary/aromatic N) is 4. The van der Waals surface area contributed by atoms with E-state index < -0.39 is 52.1 Å². The van der Waals surface area contributed by atoms with Crippen LogP contribution in [0.3, 0.4) is 0 Å². The third-order valence-corrected chi connectivity index (χ3v) is 8.45. The number of fused-ring (bicyclic) bond motifs is 2. The van der Waals surface area contributed by atoms with Gasteiger partial charge < -0.3 is 10.2 Å². The van der Waals surface area contributed by atoms with Crippen LogP contribution >= 0.6 is 11.3 Å². The molecule has 2 aromatic carbocycles. The summed E-state index contributed by atoms with van der Waals surface area (Å²) in [6.07, 6.45) is 1.37. The molecule has 0 fully saturated rings. The summed E-state index contributed by atoms with van der Waals surface area (Å²) in [5, 5.41) is 2.26. The highest BCUT2D eigenvalue weighted by molar-refractivity contribution is 7.91. The smallest absolute Gasteiger partial charge is 0.325 e. The van der Waals surface area contributed by atoms with E-state index in [1.165, 1.54) is 36.2 Å². The van der Waals surface area contributed by atoms with Gasteiger partial charge in [-0.15, -0.1) is 11.3 Å². The van der Waals surface area contributed by atoms with Gasteiger partial charge in [0.25, 0.3) is 0 Å². The number of carbonyl (C=O) groups is 2. The van der Waals surface area contributed by atoms with Crippen molar-refractivity contribution in [2.45, 2.75) is 18.9 Å². The molecule has 0 saturated heterocycles. The van der Waals surface area contributed by atoms with Gasteiger partial charge in [0.05, 0.1) is 15.9 Å². The molecule has 3 heterocycles. The number of thiazole rings is 1. The van der Waals surface area contributed by atoms with Crippen LogP contribution in [-0.2, 0) is 27.8 Å². The zero-order chi connectivity index (χ0) is 28.6. The Morgan fingerprint density at radius 2 is 1.88 bits per heavy atom. The van der Waals surface area contributed by atoms with E-state index in [0.29, 0.717) is 22.8 Å². The standard InChI is InChI=1S/C25H21F3N6O4S2/c1-33(19-4-5-20-22(21(19)28)30-13-39-20)24(35)18(11-14-9-16(26)12-17(27)10-14)31-25(36)32-40(37,38)34-8-6-15-3-2-7-29-23(15)34/h2-5,7,9-10,12-13,18H,6,8,11H2,1H3,(H2,31,32,36). The lowest BCUT2D eigenvalue weighted by Gasteiger charge is -2.26. The predicted octanol–water partition coefficient (Wildman–Crippen LogP) is 3.29. The molecule has 1 atom stereocenters. The van der Waals surface area contributed by atoms with Crippen LogP contribution in [0, 0.1) is 17.5 Å². The molecule has 3 amide bonds. The highest BCUT2D eigenvalue weighted by Crippen LogP contribution is 2.29. The lowest BCUT2D eigenvalue weighted by Crippen LogP contribution is -2.54. The Morgan fingerprint density at radius 1 is 1.12 bits per heavy atom. The van der Waals surface area contributed by atoms with Crippen molar-refractivity contribution in [1.82, 2.24) is 20.0 Å². The summed E-state index contributed by atoms with van der Waals surface area (Å²) in [7, 11) is -3.18. The highest BCUT2D eigenvalue weighted by atomic mass is 32.2.